The second-order valence-corrected chi connectivity index (χ2v) is 7.71. The van der Waals surface area contributed by atoms with E-state index in [1.165, 1.54) is 16.9 Å². The molecule has 0 saturated heterocycles. The number of aromatic nitrogens is 2. The number of ketones is 1. The maximum Gasteiger partial charge on any atom is 0.173 e. The summed E-state index contributed by atoms with van der Waals surface area (Å²) in [5.74, 6) is 0.211. The lowest BCUT2D eigenvalue weighted by Gasteiger charge is -2.13. The summed E-state index contributed by atoms with van der Waals surface area (Å²) in [6, 6.07) is 13.9. The monoisotopic (exact) mass is 373 g/mol. The van der Waals surface area contributed by atoms with E-state index in [1.54, 1.807) is 10.9 Å². The van der Waals surface area contributed by atoms with E-state index in [-0.39, 0.29) is 11.7 Å². The number of nitrogens with zero attached hydrogens (tertiary/aromatic N) is 2. The Labute approximate surface area is 156 Å². The number of Topliss-reactive ketones (excluding diaryl/α,β-unsaturated/α-hetero) is 1. The molecule has 0 aliphatic rings. The largest absolute Gasteiger partial charge is 0.330 e. The topological polar surface area (TPSA) is 60.9 Å². The van der Waals surface area contributed by atoms with Crippen molar-refractivity contribution in [3.8, 4) is 11.3 Å². The van der Waals surface area contributed by atoms with Crippen molar-refractivity contribution < 1.29 is 4.79 Å². The van der Waals surface area contributed by atoms with Gasteiger partial charge in [0, 0.05) is 25.2 Å². The molecule has 4 nitrogen and oxygen atoms in total. The van der Waals surface area contributed by atoms with E-state index in [2.05, 4.69) is 17.2 Å². The van der Waals surface area contributed by atoms with Crippen molar-refractivity contribution in [2.75, 3.05) is 6.54 Å². The van der Waals surface area contributed by atoms with Crippen LogP contribution in [0.2, 0.25) is 4.34 Å². The fourth-order valence-electron chi connectivity index (χ4n) is 2.87. The fourth-order valence-corrected chi connectivity index (χ4v) is 4.11. The van der Waals surface area contributed by atoms with Crippen molar-refractivity contribution >= 4 is 28.7 Å². The van der Waals surface area contributed by atoms with Crippen molar-refractivity contribution in [1.82, 2.24) is 9.78 Å². The fraction of sp³-hybridized carbons (Fsp3) is 0.263. The molecule has 130 valence electrons. The molecule has 0 aliphatic carbocycles. The molecule has 25 heavy (non-hydrogen) atoms. The summed E-state index contributed by atoms with van der Waals surface area (Å²) in [7, 11) is 1.86. The molecule has 1 aromatic carbocycles. The van der Waals surface area contributed by atoms with Crippen LogP contribution in [0.4, 0.5) is 0 Å². The Morgan fingerprint density at radius 2 is 2.08 bits per heavy atom. The number of rotatable bonds is 7. The van der Waals surface area contributed by atoms with E-state index in [9.17, 15) is 4.79 Å². The number of hydrogen-bond donors (Lipinski definition) is 1. The molecule has 0 bridgehead atoms. The third-order valence-electron chi connectivity index (χ3n) is 4.23. The van der Waals surface area contributed by atoms with Gasteiger partial charge in [-0.3, -0.25) is 9.48 Å². The Bertz CT molecular complexity index is 857. The Balaban J connectivity index is 1.73. The zero-order valence-corrected chi connectivity index (χ0v) is 15.6. The van der Waals surface area contributed by atoms with Crippen LogP contribution in [0, 0.1) is 5.92 Å². The van der Waals surface area contributed by atoms with Gasteiger partial charge in [-0.15, -0.1) is 11.3 Å². The smallest absolute Gasteiger partial charge is 0.173 e. The molecular weight excluding hydrogens is 354 g/mol. The van der Waals surface area contributed by atoms with Crippen molar-refractivity contribution in [3.63, 3.8) is 0 Å². The van der Waals surface area contributed by atoms with Crippen LogP contribution in [0.5, 0.6) is 0 Å². The second kappa shape index (κ2) is 7.95. The minimum Gasteiger partial charge on any atom is -0.330 e. The average Bonchev–Trinajstić information content (AvgIpc) is 3.20. The summed E-state index contributed by atoms with van der Waals surface area (Å²) in [5.41, 5.74) is 8.84. The van der Waals surface area contributed by atoms with E-state index in [1.807, 2.05) is 37.4 Å². The maximum absolute atomic E-state index is 12.7. The Morgan fingerprint density at radius 1 is 1.32 bits per heavy atom. The van der Waals surface area contributed by atoms with Gasteiger partial charge in [0.05, 0.1) is 10.6 Å². The van der Waals surface area contributed by atoms with Gasteiger partial charge in [-0.1, -0.05) is 41.9 Å². The van der Waals surface area contributed by atoms with E-state index < -0.39 is 0 Å². The predicted octanol–water partition coefficient (Wildman–Crippen LogP) is 4.19. The highest BCUT2D eigenvalue weighted by atomic mass is 35.5. The van der Waals surface area contributed by atoms with Crippen LogP contribution in [0.15, 0.2) is 48.7 Å². The molecule has 0 aliphatic heterocycles. The molecule has 3 rings (SSSR count). The predicted molar refractivity (Wildman–Crippen MR) is 103 cm³/mol. The van der Waals surface area contributed by atoms with E-state index in [4.69, 9.17) is 17.3 Å². The summed E-state index contributed by atoms with van der Waals surface area (Å²) in [5, 5.41) is 4.16. The van der Waals surface area contributed by atoms with E-state index in [0.717, 1.165) is 17.7 Å². The number of benzene rings is 1. The van der Waals surface area contributed by atoms with Crippen LogP contribution in [-0.2, 0) is 13.5 Å². The summed E-state index contributed by atoms with van der Waals surface area (Å²) >= 11 is 7.68. The number of carbonyl (C=O) groups is 1. The maximum atomic E-state index is 12.7. The molecule has 1 unspecified atom stereocenters. The van der Waals surface area contributed by atoms with Gasteiger partial charge < -0.3 is 5.73 Å². The molecule has 0 amide bonds. The molecule has 2 N–H and O–H groups in total. The van der Waals surface area contributed by atoms with Crippen molar-refractivity contribution in [2.24, 2.45) is 18.7 Å². The number of carbonyl (C=O) groups excluding carboxylic acids is 1. The Morgan fingerprint density at radius 3 is 2.72 bits per heavy atom. The first kappa shape index (κ1) is 17.9. The molecule has 2 heterocycles. The number of halogens is 1. The van der Waals surface area contributed by atoms with Crippen molar-refractivity contribution in [2.45, 2.75) is 12.8 Å². The lowest BCUT2D eigenvalue weighted by atomic mass is 9.94. The lowest BCUT2D eigenvalue weighted by Crippen LogP contribution is -2.20. The van der Waals surface area contributed by atoms with Crippen LogP contribution in [-0.4, -0.2) is 22.1 Å². The number of thiophene rings is 1. The van der Waals surface area contributed by atoms with Crippen LogP contribution >= 0.6 is 22.9 Å². The van der Waals surface area contributed by atoms with Crippen molar-refractivity contribution in [1.29, 1.82) is 0 Å². The number of aryl methyl sites for hydroxylation is 1. The van der Waals surface area contributed by atoms with Gasteiger partial charge in [-0.25, -0.2) is 0 Å². The molecule has 2 aromatic heterocycles. The van der Waals surface area contributed by atoms with Gasteiger partial charge in [-0.05, 0) is 36.6 Å². The minimum absolute atomic E-state index is 0.0895. The molecule has 6 heteroatoms. The zero-order chi connectivity index (χ0) is 17.8. The van der Waals surface area contributed by atoms with Crippen LogP contribution in [0.3, 0.4) is 0 Å². The normalized spacial score (nSPS) is 12.3. The molecule has 0 fully saturated rings. The summed E-state index contributed by atoms with van der Waals surface area (Å²) in [4.78, 5) is 13.4. The average molecular weight is 374 g/mol. The van der Waals surface area contributed by atoms with Gasteiger partial charge in [0.2, 0.25) is 0 Å². The number of hydrogen-bond acceptors (Lipinski definition) is 4. The zero-order valence-electron chi connectivity index (χ0n) is 14.0. The SMILES string of the molecule is Cn1nccc1-c1cc(C(=O)CC(CN)Cc2ccccc2)sc1Cl. The molecule has 0 spiro atoms. The van der Waals surface area contributed by atoms with Crippen LogP contribution < -0.4 is 5.73 Å². The van der Waals surface area contributed by atoms with Gasteiger partial charge in [-0.2, -0.15) is 5.10 Å². The first-order valence-corrected chi connectivity index (χ1v) is 9.32. The highest BCUT2D eigenvalue weighted by Gasteiger charge is 2.20. The molecule has 1 atom stereocenters. The molecule has 3 aromatic rings. The van der Waals surface area contributed by atoms with Gasteiger partial charge in [0.25, 0.3) is 0 Å². The third-order valence-corrected chi connectivity index (χ3v) is 5.63. The summed E-state index contributed by atoms with van der Waals surface area (Å²) in [6.07, 6.45) is 2.94. The summed E-state index contributed by atoms with van der Waals surface area (Å²) in [6.45, 7) is 0.480. The quantitative estimate of drug-likeness (QED) is 0.631. The van der Waals surface area contributed by atoms with Crippen molar-refractivity contribution in [3.05, 3.63) is 63.4 Å². The first-order chi connectivity index (χ1) is 12.1. The minimum atomic E-state index is 0.0895. The van der Waals surface area contributed by atoms with E-state index in [0.29, 0.717) is 22.2 Å². The van der Waals surface area contributed by atoms with Gasteiger partial charge >= 0.3 is 0 Å². The highest BCUT2D eigenvalue weighted by molar-refractivity contribution is 7.18. The molecular formula is C19H20ClN3OS. The molecule has 0 radical (unpaired) electrons. The van der Waals surface area contributed by atoms with Gasteiger partial charge in [0.15, 0.2) is 5.78 Å². The Kier molecular flexibility index (Phi) is 5.68. The second-order valence-electron chi connectivity index (χ2n) is 6.06. The van der Waals surface area contributed by atoms with Crippen LogP contribution in [0.25, 0.3) is 11.3 Å². The molecule has 0 saturated carbocycles. The first-order valence-electron chi connectivity index (χ1n) is 8.13. The Hall–Kier alpha value is -1.95. The standard InChI is InChI=1S/C19H20ClN3OS/c1-23-16(7-8-22-23)15-11-18(25-19(15)20)17(24)10-14(12-21)9-13-5-3-2-4-6-13/h2-8,11,14H,9-10,12,21H2,1H3. The highest BCUT2D eigenvalue weighted by Crippen LogP contribution is 2.36. The van der Waals surface area contributed by atoms with E-state index >= 15 is 0 Å². The number of nitrogens with two attached hydrogens (primary N) is 1. The van der Waals surface area contributed by atoms with Gasteiger partial charge in [0.1, 0.15) is 4.34 Å². The lowest BCUT2D eigenvalue weighted by molar-refractivity contribution is 0.0966. The summed E-state index contributed by atoms with van der Waals surface area (Å²) < 4.78 is 2.36. The third kappa shape index (κ3) is 4.18. The van der Waals surface area contributed by atoms with Crippen LogP contribution in [0.1, 0.15) is 21.7 Å².